The molecule has 0 bridgehead atoms. The molecule has 0 unspecified atom stereocenters. The van der Waals surface area contributed by atoms with Crippen LogP contribution in [0, 0.1) is 48.7 Å². The van der Waals surface area contributed by atoms with Crippen LogP contribution in [0.3, 0.4) is 0 Å². The van der Waals surface area contributed by atoms with Crippen molar-refractivity contribution in [1.82, 2.24) is 10.2 Å². The zero-order chi connectivity index (χ0) is 34.8. The molecule has 262 valence electrons. The third kappa shape index (κ3) is 8.93. The molecule has 3 rings (SSSR count). The van der Waals surface area contributed by atoms with E-state index in [1.165, 1.54) is 51.9 Å². The van der Waals surface area contributed by atoms with Gasteiger partial charge in [0.15, 0.2) is 0 Å². The largest absolute Gasteiger partial charge is 0.317 e. The number of carbonyl (C=O) groups excluding carboxylic acids is 1. The minimum atomic E-state index is 0.284. The van der Waals surface area contributed by atoms with E-state index in [0.717, 1.165) is 25.7 Å². The number of rotatable bonds is 0. The van der Waals surface area contributed by atoms with E-state index in [1.54, 1.807) is 0 Å². The summed E-state index contributed by atoms with van der Waals surface area (Å²) in [4.78, 5) is 13.9. The molecule has 3 nitrogen and oxygen atoms in total. The fraction of sp³-hybridized carbons (Fsp3) is 0.976. The van der Waals surface area contributed by atoms with Crippen molar-refractivity contribution >= 4 is 5.78 Å². The number of hydrogen-bond donors (Lipinski definition) is 1. The van der Waals surface area contributed by atoms with Crippen LogP contribution in [0.25, 0.3) is 0 Å². The molecule has 0 atom stereocenters. The van der Waals surface area contributed by atoms with Gasteiger partial charge in [0, 0.05) is 12.8 Å². The van der Waals surface area contributed by atoms with E-state index in [-0.39, 0.29) is 10.8 Å². The summed E-state index contributed by atoms with van der Waals surface area (Å²) in [6, 6.07) is 0. The Balaban J connectivity index is 0.000000330. The third-order valence-electron chi connectivity index (χ3n) is 13.6. The smallest absolute Gasteiger partial charge is 0.132 e. The number of hydrogen-bond acceptors (Lipinski definition) is 3. The fourth-order valence-corrected chi connectivity index (χ4v) is 10.7. The first kappa shape index (κ1) is 41.6. The lowest BCUT2D eigenvalue weighted by molar-refractivity contribution is -0.130. The number of nitrogens with zero attached hydrogens (tertiary/aromatic N) is 1. The number of likely N-dealkylation sites (tertiary alicyclic amines) is 1. The average molecular weight is 619 g/mol. The topological polar surface area (TPSA) is 32.3 Å². The van der Waals surface area contributed by atoms with Gasteiger partial charge in [-0.15, -0.1) is 0 Å². The van der Waals surface area contributed by atoms with Crippen LogP contribution >= 0.6 is 0 Å². The van der Waals surface area contributed by atoms with Gasteiger partial charge in [-0.2, -0.15) is 0 Å². The van der Waals surface area contributed by atoms with Crippen LogP contribution in [0.15, 0.2) is 0 Å². The number of nitrogens with one attached hydrogen (secondary N) is 1. The van der Waals surface area contributed by atoms with Crippen LogP contribution in [0.4, 0.5) is 0 Å². The Morgan fingerprint density at radius 2 is 0.705 bits per heavy atom. The van der Waals surface area contributed by atoms with E-state index in [1.807, 2.05) is 0 Å². The van der Waals surface area contributed by atoms with Crippen molar-refractivity contribution in [1.29, 1.82) is 0 Å². The van der Waals surface area contributed by atoms with Crippen molar-refractivity contribution < 1.29 is 4.79 Å². The Kier molecular flexibility index (Phi) is 13.2. The predicted molar refractivity (Wildman–Crippen MR) is 196 cm³/mol. The minimum absolute atomic E-state index is 0.284. The molecular weight excluding hydrogens is 536 g/mol. The number of piperidine rings is 2. The summed E-state index contributed by atoms with van der Waals surface area (Å²) in [7, 11) is 2.25. The Labute approximate surface area is 278 Å². The molecule has 0 spiro atoms. The van der Waals surface area contributed by atoms with Crippen molar-refractivity contribution in [2.24, 2.45) is 48.7 Å². The highest BCUT2D eigenvalue weighted by Crippen LogP contribution is 2.60. The van der Waals surface area contributed by atoms with Gasteiger partial charge in [0.25, 0.3) is 0 Å². The molecule has 3 aliphatic rings. The molecule has 3 heteroatoms. The second-order valence-electron chi connectivity index (χ2n) is 21.3. The van der Waals surface area contributed by atoms with Crippen LogP contribution in [-0.4, -0.2) is 43.9 Å². The standard InChI is InChI=1S/C14H29N.C14H26O.C13H27N/c1-12(2,3)14(13(4,5)6)8-10-15(7)11-9-14;1-12(2,3)14(13(4,5)6)9-7-11(15)8-10-14;1-11(2,3)13(12(4,5)6)7-9-14-10-8-13/h8-11H2,1-7H3;7-10H2,1-6H3;14H,7-10H2,1-6H3. The Hall–Kier alpha value is -0.410. The van der Waals surface area contributed by atoms with Crippen molar-refractivity contribution in [3.63, 3.8) is 0 Å². The lowest BCUT2D eigenvalue weighted by atomic mass is 9.49. The summed E-state index contributed by atoms with van der Waals surface area (Å²) >= 11 is 0. The molecule has 1 saturated carbocycles. The zero-order valence-corrected chi connectivity index (χ0v) is 33.8. The van der Waals surface area contributed by atoms with Gasteiger partial charge in [0.1, 0.15) is 5.78 Å². The van der Waals surface area contributed by atoms with E-state index in [0.29, 0.717) is 43.7 Å². The summed E-state index contributed by atoms with van der Waals surface area (Å²) < 4.78 is 0. The summed E-state index contributed by atoms with van der Waals surface area (Å²) in [6.07, 6.45) is 9.04. The first-order valence-electron chi connectivity index (χ1n) is 18.3. The fourth-order valence-electron chi connectivity index (χ4n) is 10.7. The number of ketones is 1. The van der Waals surface area contributed by atoms with Gasteiger partial charge in [-0.05, 0) is 120 Å². The molecule has 2 heterocycles. The zero-order valence-electron chi connectivity index (χ0n) is 33.8. The van der Waals surface area contributed by atoms with E-state index in [4.69, 9.17) is 0 Å². The van der Waals surface area contributed by atoms with Crippen LogP contribution in [-0.2, 0) is 4.79 Å². The van der Waals surface area contributed by atoms with E-state index >= 15 is 0 Å². The monoisotopic (exact) mass is 619 g/mol. The first-order chi connectivity index (χ1) is 19.4. The summed E-state index contributed by atoms with van der Waals surface area (Å²) in [5.41, 5.74) is 3.50. The number of Topliss-reactive ketones (excluding diaryl/α,β-unsaturated/α-hetero) is 1. The van der Waals surface area contributed by atoms with Gasteiger partial charge in [0.05, 0.1) is 0 Å². The van der Waals surface area contributed by atoms with E-state index in [9.17, 15) is 4.79 Å². The Morgan fingerprint density at radius 3 is 0.955 bits per heavy atom. The summed E-state index contributed by atoms with van der Waals surface area (Å²) in [6.45, 7) is 47.8. The van der Waals surface area contributed by atoms with Crippen molar-refractivity contribution in [3.8, 4) is 0 Å². The van der Waals surface area contributed by atoms with E-state index < -0.39 is 0 Å². The summed E-state index contributed by atoms with van der Waals surface area (Å²) in [5.74, 6) is 0.458. The molecule has 2 saturated heterocycles. The molecule has 0 radical (unpaired) electrons. The second-order valence-corrected chi connectivity index (χ2v) is 21.3. The van der Waals surface area contributed by atoms with Gasteiger partial charge in [-0.25, -0.2) is 0 Å². The molecular formula is C41H82N2O. The summed E-state index contributed by atoms with van der Waals surface area (Å²) in [5, 5.41) is 3.48. The quantitative estimate of drug-likeness (QED) is 0.293. The van der Waals surface area contributed by atoms with Gasteiger partial charge >= 0.3 is 0 Å². The molecule has 0 amide bonds. The van der Waals surface area contributed by atoms with Crippen LogP contribution in [0.2, 0.25) is 0 Å². The average Bonchev–Trinajstić information content (AvgIpc) is 2.82. The molecule has 44 heavy (non-hydrogen) atoms. The minimum Gasteiger partial charge on any atom is -0.317 e. The van der Waals surface area contributed by atoms with Crippen LogP contribution in [0.1, 0.15) is 176 Å². The van der Waals surface area contributed by atoms with Gasteiger partial charge in [0.2, 0.25) is 0 Å². The molecule has 0 aromatic heterocycles. The van der Waals surface area contributed by atoms with Crippen molar-refractivity contribution in [3.05, 3.63) is 0 Å². The van der Waals surface area contributed by atoms with Gasteiger partial charge < -0.3 is 10.2 Å². The van der Waals surface area contributed by atoms with Crippen molar-refractivity contribution in [2.75, 3.05) is 33.2 Å². The molecule has 1 aliphatic carbocycles. The number of carbonyl (C=O) groups is 1. The predicted octanol–water partition coefficient (Wildman–Crippen LogP) is 11.4. The van der Waals surface area contributed by atoms with Crippen LogP contribution in [0.5, 0.6) is 0 Å². The van der Waals surface area contributed by atoms with E-state index in [2.05, 4.69) is 142 Å². The first-order valence-corrected chi connectivity index (χ1v) is 18.3. The SMILES string of the molecule is CC(C)(C)C1(C(C)(C)C)CCC(=O)CC1.CC(C)(C)C1(C(C)(C)C)CCNCC1.CN1CCC(C(C)(C)C)(C(C)(C)C)CC1. The molecule has 3 fully saturated rings. The maximum Gasteiger partial charge on any atom is 0.132 e. The second kappa shape index (κ2) is 14.0. The maximum atomic E-state index is 11.4. The van der Waals surface area contributed by atoms with Gasteiger partial charge in [-0.3, -0.25) is 4.79 Å². The van der Waals surface area contributed by atoms with Gasteiger partial charge in [-0.1, -0.05) is 125 Å². The molecule has 1 N–H and O–H groups in total. The Morgan fingerprint density at radius 1 is 0.455 bits per heavy atom. The lowest BCUT2D eigenvalue weighted by Crippen LogP contribution is -2.52. The highest BCUT2D eigenvalue weighted by Gasteiger charge is 2.53. The lowest BCUT2D eigenvalue weighted by Gasteiger charge is -2.57. The van der Waals surface area contributed by atoms with Crippen molar-refractivity contribution in [2.45, 2.75) is 176 Å². The maximum absolute atomic E-state index is 11.4. The Bertz CT molecular complexity index is 829. The molecule has 0 aromatic carbocycles. The normalized spacial score (nSPS) is 23.6. The molecule has 2 aliphatic heterocycles. The third-order valence-corrected chi connectivity index (χ3v) is 13.6. The highest BCUT2D eigenvalue weighted by atomic mass is 16.1. The van der Waals surface area contributed by atoms with Crippen LogP contribution < -0.4 is 5.32 Å². The highest BCUT2D eigenvalue weighted by molar-refractivity contribution is 5.79. The molecule has 0 aromatic rings.